The molecule has 0 aromatic heterocycles. The molecular weight excluding hydrogens is 272 g/mol. The van der Waals surface area contributed by atoms with E-state index in [0.29, 0.717) is 23.8 Å². The molecule has 1 unspecified atom stereocenters. The highest BCUT2D eigenvalue weighted by Gasteiger charge is 2.20. The fraction of sp³-hybridized carbons (Fsp3) is 0.600. The summed E-state index contributed by atoms with van der Waals surface area (Å²) in [6.45, 7) is 4.41. The van der Waals surface area contributed by atoms with Crippen LogP contribution < -0.4 is 19.5 Å². The van der Waals surface area contributed by atoms with Crippen molar-refractivity contribution in [1.82, 2.24) is 10.2 Å². The molecule has 0 amide bonds. The number of nitrogens with zero attached hydrogens (tertiary/aromatic N) is 1. The maximum absolute atomic E-state index is 10.5. The van der Waals surface area contributed by atoms with Gasteiger partial charge in [-0.05, 0) is 17.7 Å². The Labute approximate surface area is 125 Å². The number of ether oxygens (including phenoxy) is 3. The molecule has 1 atom stereocenters. The summed E-state index contributed by atoms with van der Waals surface area (Å²) in [6, 6.07) is 3.60. The second-order valence-electron chi connectivity index (χ2n) is 5.03. The molecule has 2 N–H and O–H groups in total. The molecule has 1 aliphatic heterocycles. The topological polar surface area (TPSA) is 63.2 Å². The van der Waals surface area contributed by atoms with Gasteiger partial charge in [-0.1, -0.05) is 0 Å². The molecule has 2 rings (SSSR count). The summed E-state index contributed by atoms with van der Waals surface area (Å²) in [5, 5.41) is 13.8. The molecule has 118 valence electrons. The smallest absolute Gasteiger partial charge is 0.203 e. The van der Waals surface area contributed by atoms with Crippen LogP contribution in [0.1, 0.15) is 11.7 Å². The zero-order valence-corrected chi connectivity index (χ0v) is 12.9. The van der Waals surface area contributed by atoms with Crippen LogP contribution in [0.15, 0.2) is 12.1 Å². The third-order valence-electron chi connectivity index (χ3n) is 3.71. The molecule has 6 heteroatoms. The van der Waals surface area contributed by atoms with E-state index in [1.165, 1.54) is 0 Å². The Morgan fingerprint density at radius 3 is 2.14 bits per heavy atom. The van der Waals surface area contributed by atoms with Crippen LogP contribution in [0.2, 0.25) is 0 Å². The summed E-state index contributed by atoms with van der Waals surface area (Å²) < 4.78 is 15.9. The normalized spacial score (nSPS) is 17.3. The molecule has 1 saturated heterocycles. The molecule has 1 aromatic carbocycles. The summed E-state index contributed by atoms with van der Waals surface area (Å²) in [7, 11) is 4.71. The van der Waals surface area contributed by atoms with Gasteiger partial charge in [0.15, 0.2) is 11.5 Å². The largest absolute Gasteiger partial charge is 0.493 e. The standard InChI is InChI=1S/C15H24N2O4/c1-19-13-8-11(9-14(20-2)15(13)21-3)12(18)10-17-6-4-16-5-7-17/h8-9,12,16,18H,4-7,10H2,1-3H3. The van der Waals surface area contributed by atoms with Crippen molar-refractivity contribution < 1.29 is 19.3 Å². The first-order valence-corrected chi connectivity index (χ1v) is 7.10. The van der Waals surface area contributed by atoms with E-state index >= 15 is 0 Å². The zero-order chi connectivity index (χ0) is 15.2. The average Bonchev–Trinajstić information content (AvgIpc) is 2.54. The molecule has 0 spiro atoms. The van der Waals surface area contributed by atoms with Gasteiger partial charge in [0.1, 0.15) is 0 Å². The highest BCUT2D eigenvalue weighted by atomic mass is 16.5. The number of methoxy groups -OCH3 is 3. The van der Waals surface area contributed by atoms with Crippen molar-refractivity contribution in [2.75, 3.05) is 54.1 Å². The van der Waals surface area contributed by atoms with Gasteiger partial charge in [0.2, 0.25) is 5.75 Å². The molecule has 0 aliphatic carbocycles. The van der Waals surface area contributed by atoms with Crippen molar-refractivity contribution in [3.63, 3.8) is 0 Å². The van der Waals surface area contributed by atoms with Crippen molar-refractivity contribution >= 4 is 0 Å². The number of nitrogens with one attached hydrogen (secondary N) is 1. The Morgan fingerprint density at radius 2 is 1.67 bits per heavy atom. The van der Waals surface area contributed by atoms with Gasteiger partial charge in [-0.3, -0.25) is 4.90 Å². The first kappa shape index (κ1) is 15.9. The van der Waals surface area contributed by atoms with E-state index in [4.69, 9.17) is 14.2 Å². The third-order valence-corrected chi connectivity index (χ3v) is 3.71. The summed E-state index contributed by atoms with van der Waals surface area (Å²) in [6.07, 6.45) is -0.586. The summed E-state index contributed by atoms with van der Waals surface area (Å²) in [5.74, 6) is 1.66. The molecule has 0 saturated carbocycles. The van der Waals surface area contributed by atoms with Crippen molar-refractivity contribution in [1.29, 1.82) is 0 Å². The third kappa shape index (κ3) is 3.78. The maximum Gasteiger partial charge on any atom is 0.203 e. The molecule has 1 aromatic rings. The van der Waals surface area contributed by atoms with Gasteiger partial charge in [0.05, 0.1) is 27.4 Å². The van der Waals surface area contributed by atoms with Crippen LogP contribution >= 0.6 is 0 Å². The van der Waals surface area contributed by atoms with E-state index in [1.54, 1.807) is 33.5 Å². The Morgan fingerprint density at radius 1 is 1.10 bits per heavy atom. The second-order valence-corrected chi connectivity index (χ2v) is 5.03. The molecule has 21 heavy (non-hydrogen) atoms. The first-order valence-electron chi connectivity index (χ1n) is 7.10. The minimum Gasteiger partial charge on any atom is -0.493 e. The molecule has 1 heterocycles. The van der Waals surface area contributed by atoms with E-state index in [9.17, 15) is 5.11 Å². The van der Waals surface area contributed by atoms with Crippen molar-refractivity contribution in [2.45, 2.75) is 6.10 Å². The number of β-amino-alcohol motifs (C(OH)–C–C–N with tert-alkyl or cyclic N) is 1. The van der Waals surface area contributed by atoms with Crippen molar-refractivity contribution in [2.24, 2.45) is 0 Å². The van der Waals surface area contributed by atoms with Gasteiger partial charge in [-0.15, -0.1) is 0 Å². The molecule has 0 radical (unpaired) electrons. The number of aliphatic hydroxyl groups excluding tert-OH is 1. The number of hydrogen-bond donors (Lipinski definition) is 2. The van der Waals surface area contributed by atoms with Crippen LogP contribution in [0, 0.1) is 0 Å². The van der Waals surface area contributed by atoms with E-state index < -0.39 is 6.10 Å². The Bertz CT molecular complexity index is 436. The predicted octanol–water partition coefficient (Wildman–Crippen LogP) is 0.651. The monoisotopic (exact) mass is 296 g/mol. The Kier molecular flexibility index (Phi) is 5.67. The van der Waals surface area contributed by atoms with E-state index in [1.807, 2.05) is 0 Å². The quantitative estimate of drug-likeness (QED) is 0.804. The molecule has 0 bridgehead atoms. The Hall–Kier alpha value is -1.50. The van der Waals surface area contributed by atoms with E-state index in [-0.39, 0.29) is 0 Å². The fourth-order valence-corrected chi connectivity index (χ4v) is 2.54. The number of piperazine rings is 1. The van der Waals surface area contributed by atoms with Crippen LogP contribution in [0.3, 0.4) is 0 Å². The van der Waals surface area contributed by atoms with E-state index in [0.717, 1.165) is 31.7 Å². The van der Waals surface area contributed by atoms with Crippen LogP contribution in [0.4, 0.5) is 0 Å². The minimum atomic E-state index is -0.586. The molecule has 1 fully saturated rings. The number of hydrogen-bond acceptors (Lipinski definition) is 6. The minimum absolute atomic E-state index is 0.540. The van der Waals surface area contributed by atoms with Gasteiger partial charge in [0.25, 0.3) is 0 Å². The molecule has 1 aliphatic rings. The zero-order valence-electron chi connectivity index (χ0n) is 12.9. The van der Waals surface area contributed by atoms with Crippen LogP contribution in [-0.2, 0) is 0 Å². The second kappa shape index (κ2) is 7.49. The van der Waals surface area contributed by atoms with Crippen molar-refractivity contribution in [3.05, 3.63) is 17.7 Å². The Balaban J connectivity index is 2.17. The van der Waals surface area contributed by atoms with Gasteiger partial charge in [-0.2, -0.15) is 0 Å². The first-order chi connectivity index (χ1) is 10.2. The number of rotatable bonds is 6. The predicted molar refractivity (Wildman–Crippen MR) is 80.4 cm³/mol. The summed E-state index contributed by atoms with van der Waals surface area (Å²) in [4.78, 5) is 2.24. The van der Waals surface area contributed by atoms with Crippen LogP contribution in [-0.4, -0.2) is 64.1 Å². The van der Waals surface area contributed by atoms with Crippen molar-refractivity contribution in [3.8, 4) is 17.2 Å². The summed E-state index contributed by atoms with van der Waals surface area (Å²) in [5.41, 5.74) is 0.767. The SMILES string of the molecule is COc1cc(C(O)CN2CCNCC2)cc(OC)c1OC. The number of aliphatic hydroxyl groups is 1. The van der Waals surface area contributed by atoms with Gasteiger partial charge in [-0.25, -0.2) is 0 Å². The molecular formula is C15H24N2O4. The van der Waals surface area contributed by atoms with Crippen LogP contribution in [0.25, 0.3) is 0 Å². The lowest BCUT2D eigenvalue weighted by Crippen LogP contribution is -2.44. The highest BCUT2D eigenvalue weighted by Crippen LogP contribution is 2.39. The lowest BCUT2D eigenvalue weighted by Gasteiger charge is -2.29. The van der Waals surface area contributed by atoms with E-state index in [2.05, 4.69) is 10.2 Å². The maximum atomic E-state index is 10.5. The van der Waals surface area contributed by atoms with Crippen LogP contribution in [0.5, 0.6) is 17.2 Å². The molecule has 6 nitrogen and oxygen atoms in total. The average molecular weight is 296 g/mol. The summed E-state index contributed by atoms with van der Waals surface area (Å²) >= 11 is 0. The number of benzene rings is 1. The van der Waals surface area contributed by atoms with Gasteiger partial charge in [0, 0.05) is 32.7 Å². The lowest BCUT2D eigenvalue weighted by molar-refractivity contribution is 0.105. The lowest BCUT2D eigenvalue weighted by atomic mass is 10.1. The van der Waals surface area contributed by atoms with Gasteiger partial charge < -0.3 is 24.6 Å². The van der Waals surface area contributed by atoms with Gasteiger partial charge >= 0.3 is 0 Å². The fourth-order valence-electron chi connectivity index (χ4n) is 2.54. The highest BCUT2D eigenvalue weighted by molar-refractivity contribution is 5.54.